The summed E-state index contributed by atoms with van der Waals surface area (Å²) in [5.41, 5.74) is 7.36. The molecule has 0 spiro atoms. The normalized spacial score (nSPS) is 10.4. The van der Waals surface area contributed by atoms with Gasteiger partial charge in [0.15, 0.2) is 0 Å². The lowest BCUT2D eigenvalue weighted by Crippen LogP contribution is -2.16. The summed E-state index contributed by atoms with van der Waals surface area (Å²) < 4.78 is 5.42. The molecule has 0 saturated carbocycles. The van der Waals surface area contributed by atoms with Crippen LogP contribution in [0.3, 0.4) is 0 Å². The fourth-order valence-corrected chi connectivity index (χ4v) is 1.75. The second kappa shape index (κ2) is 9.53. The average molecular weight is 264 g/mol. The Kier molecular flexibility index (Phi) is 7.86. The van der Waals surface area contributed by atoms with E-state index >= 15 is 0 Å². The van der Waals surface area contributed by atoms with E-state index in [-0.39, 0.29) is 5.91 Å². The molecule has 0 aliphatic rings. The molecule has 1 rings (SSSR count). The standard InChI is InChI=1S/C15H24N2O2/c1-2-3-6-10-19-11-9-15(18)17-14-8-5-4-7-13(14)12-16/h4-5,7-8H,2-3,6,9-12,16H2,1H3,(H,17,18). The molecule has 1 amide bonds. The van der Waals surface area contributed by atoms with E-state index < -0.39 is 0 Å². The van der Waals surface area contributed by atoms with E-state index in [2.05, 4.69) is 12.2 Å². The molecule has 3 N–H and O–H groups in total. The lowest BCUT2D eigenvalue weighted by Gasteiger charge is -2.09. The van der Waals surface area contributed by atoms with Crippen molar-refractivity contribution in [2.24, 2.45) is 5.73 Å². The minimum Gasteiger partial charge on any atom is -0.381 e. The van der Waals surface area contributed by atoms with Gasteiger partial charge in [0.2, 0.25) is 5.91 Å². The van der Waals surface area contributed by atoms with E-state index in [0.29, 0.717) is 19.6 Å². The van der Waals surface area contributed by atoms with Gasteiger partial charge in [0.05, 0.1) is 13.0 Å². The van der Waals surface area contributed by atoms with Crippen LogP contribution in [0, 0.1) is 0 Å². The number of ether oxygens (including phenoxy) is 1. The quantitative estimate of drug-likeness (QED) is 0.674. The van der Waals surface area contributed by atoms with Crippen molar-refractivity contribution in [1.82, 2.24) is 0 Å². The minimum absolute atomic E-state index is 0.0311. The van der Waals surface area contributed by atoms with Crippen molar-refractivity contribution in [3.63, 3.8) is 0 Å². The number of benzene rings is 1. The monoisotopic (exact) mass is 264 g/mol. The van der Waals surface area contributed by atoms with Crippen LogP contribution in [0.25, 0.3) is 0 Å². The van der Waals surface area contributed by atoms with Crippen LogP contribution in [0.2, 0.25) is 0 Å². The number of amides is 1. The highest BCUT2D eigenvalue weighted by molar-refractivity contribution is 5.91. The third-order valence-electron chi connectivity index (χ3n) is 2.88. The molecule has 1 aromatic carbocycles. The van der Waals surface area contributed by atoms with Crippen LogP contribution in [0.1, 0.15) is 38.2 Å². The van der Waals surface area contributed by atoms with Crippen LogP contribution in [0.4, 0.5) is 5.69 Å². The average Bonchev–Trinajstić information content (AvgIpc) is 2.43. The molecule has 0 unspecified atom stereocenters. The maximum atomic E-state index is 11.7. The summed E-state index contributed by atoms with van der Waals surface area (Å²) in [6, 6.07) is 7.57. The molecular weight excluding hydrogens is 240 g/mol. The number of carbonyl (C=O) groups excluding carboxylic acids is 1. The number of nitrogens with two attached hydrogens (primary N) is 1. The van der Waals surface area contributed by atoms with Crippen LogP contribution >= 0.6 is 0 Å². The van der Waals surface area contributed by atoms with Crippen LogP contribution in [-0.4, -0.2) is 19.1 Å². The van der Waals surface area contributed by atoms with E-state index in [1.165, 1.54) is 12.8 Å². The van der Waals surface area contributed by atoms with Gasteiger partial charge in [-0.2, -0.15) is 0 Å². The maximum absolute atomic E-state index is 11.7. The molecule has 4 nitrogen and oxygen atoms in total. The molecule has 0 heterocycles. The first-order valence-corrected chi connectivity index (χ1v) is 6.93. The van der Waals surface area contributed by atoms with E-state index in [4.69, 9.17) is 10.5 Å². The molecule has 0 bridgehead atoms. The Bertz CT molecular complexity index is 380. The fraction of sp³-hybridized carbons (Fsp3) is 0.533. The molecule has 0 saturated heterocycles. The Morgan fingerprint density at radius 1 is 1.26 bits per heavy atom. The third-order valence-corrected chi connectivity index (χ3v) is 2.88. The molecule has 0 fully saturated rings. The molecule has 0 aliphatic carbocycles. The van der Waals surface area contributed by atoms with Gasteiger partial charge in [0.1, 0.15) is 0 Å². The van der Waals surface area contributed by atoms with E-state index in [1.807, 2.05) is 24.3 Å². The lowest BCUT2D eigenvalue weighted by molar-refractivity contribution is -0.117. The van der Waals surface area contributed by atoms with Crippen LogP contribution in [-0.2, 0) is 16.1 Å². The topological polar surface area (TPSA) is 64.3 Å². The van der Waals surface area contributed by atoms with E-state index in [1.54, 1.807) is 0 Å². The number of anilines is 1. The van der Waals surface area contributed by atoms with Crippen molar-refractivity contribution >= 4 is 11.6 Å². The smallest absolute Gasteiger partial charge is 0.226 e. The predicted molar refractivity (Wildman–Crippen MR) is 77.9 cm³/mol. The van der Waals surface area contributed by atoms with Crippen molar-refractivity contribution in [1.29, 1.82) is 0 Å². The predicted octanol–water partition coefficient (Wildman–Crippen LogP) is 2.68. The highest BCUT2D eigenvalue weighted by atomic mass is 16.5. The number of carbonyl (C=O) groups is 1. The van der Waals surface area contributed by atoms with Crippen molar-refractivity contribution in [2.75, 3.05) is 18.5 Å². The maximum Gasteiger partial charge on any atom is 0.226 e. The number of nitrogens with one attached hydrogen (secondary N) is 1. The van der Waals surface area contributed by atoms with Crippen molar-refractivity contribution in [2.45, 2.75) is 39.2 Å². The van der Waals surface area contributed by atoms with Gasteiger partial charge in [-0.25, -0.2) is 0 Å². The largest absolute Gasteiger partial charge is 0.381 e. The summed E-state index contributed by atoms with van der Waals surface area (Å²) in [5.74, 6) is -0.0311. The number of unbranched alkanes of at least 4 members (excludes halogenated alkanes) is 2. The molecule has 0 atom stereocenters. The summed E-state index contributed by atoms with van der Waals surface area (Å²) in [4.78, 5) is 11.7. The highest BCUT2D eigenvalue weighted by Crippen LogP contribution is 2.14. The van der Waals surface area contributed by atoms with Gasteiger partial charge < -0.3 is 15.8 Å². The van der Waals surface area contributed by atoms with Crippen molar-refractivity contribution in [3.8, 4) is 0 Å². The molecule has 0 radical (unpaired) electrons. The van der Waals surface area contributed by atoms with Crippen LogP contribution in [0.15, 0.2) is 24.3 Å². The molecular formula is C15H24N2O2. The Balaban J connectivity index is 2.23. The molecule has 0 aromatic heterocycles. The van der Waals surface area contributed by atoms with E-state index in [0.717, 1.165) is 24.3 Å². The molecule has 19 heavy (non-hydrogen) atoms. The third kappa shape index (κ3) is 6.36. The Hall–Kier alpha value is -1.39. The summed E-state index contributed by atoms with van der Waals surface area (Å²) in [6.07, 6.45) is 3.80. The Morgan fingerprint density at radius 2 is 2.05 bits per heavy atom. The number of hydrogen-bond acceptors (Lipinski definition) is 3. The molecule has 0 aliphatic heterocycles. The SMILES string of the molecule is CCCCCOCCC(=O)Nc1ccccc1CN. The van der Waals surface area contributed by atoms with Crippen LogP contribution in [0.5, 0.6) is 0 Å². The number of para-hydroxylation sites is 1. The van der Waals surface area contributed by atoms with Gasteiger partial charge in [-0.15, -0.1) is 0 Å². The van der Waals surface area contributed by atoms with Gasteiger partial charge >= 0.3 is 0 Å². The summed E-state index contributed by atoms with van der Waals surface area (Å²) in [7, 11) is 0. The highest BCUT2D eigenvalue weighted by Gasteiger charge is 2.05. The van der Waals surface area contributed by atoms with Gasteiger partial charge in [0, 0.05) is 18.8 Å². The van der Waals surface area contributed by atoms with Gasteiger partial charge in [0.25, 0.3) is 0 Å². The fourth-order valence-electron chi connectivity index (χ4n) is 1.75. The second-order valence-electron chi connectivity index (χ2n) is 4.48. The zero-order valence-electron chi connectivity index (χ0n) is 11.7. The van der Waals surface area contributed by atoms with Crippen molar-refractivity contribution < 1.29 is 9.53 Å². The van der Waals surface area contributed by atoms with Gasteiger partial charge in [-0.05, 0) is 18.1 Å². The summed E-state index contributed by atoms with van der Waals surface area (Å²) in [5, 5.41) is 2.86. The van der Waals surface area contributed by atoms with Gasteiger partial charge in [-0.3, -0.25) is 4.79 Å². The summed E-state index contributed by atoms with van der Waals surface area (Å²) in [6.45, 7) is 3.78. The molecule has 106 valence electrons. The lowest BCUT2D eigenvalue weighted by atomic mass is 10.2. The Morgan fingerprint density at radius 3 is 2.79 bits per heavy atom. The van der Waals surface area contributed by atoms with Crippen molar-refractivity contribution in [3.05, 3.63) is 29.8 Å². The van der Waals surface area contributed by atoms with Gasteiger partial charge in [-0.1, -0.05) is 38.0 Å². The van der Waals surface area contributed by atoms with E-state index in [9.17, 15) is 4.79 Å². The zero-order valence-corrected chi connectivity index (χ0v) is 11.7. The first-order valence-electron chi connectivity index (χ1n) is 6.93. The first kappa shape index (κ1) is 15.7. The molecule has 4 heteroatoms. The zero-order chi connectivity index (χ0) is 13.9. The number of hydrogen-bond donors (Lipinski definition) is 2. The second-order valence-corrected chi connectivity index (χ2v) is 4.48. The minimum atomic E-state index is -0.0311. The first-order chi connectivity index (χ1) is 9.27. The Labute approximate surface area is 115 Å². The number of rotatable bonds is 9. The van der Waals surface area contributed by atoms with Crippen LogP contribution < -0.4 is 11.1 Å². The summed E-state index contributed by atoms with van der Waals surface area (Å²) >= 11 is 0. The molecule has 1 aromatic rings.